The maximum absolute atomic E-state index is 7.00. The van der Waals surface area contributed by atoms with Gasteiger partial charge in [0.1, 0.15) is 0 Å². The highest BCUT2D eigenvalue weighted by molar-refractivity contribution is 6.21. The Morgan fingerprint density at radius 2 is 1.04 bits per heavy atom. The van der Waals surface area contributed by atoms with Crippen molar-refractivity contribution in [3.63, 3.8) is 0 Å². The third-order valence-electron chi connectivity index (χ3n) is 8.72. The zero-order chi connectivity index (χ0) is 36.3. The maximum atomic E-state index is 7.00. The number of benzene rings is 4. The van der Waals surface area contributed by atoms with Crippen molar-refractivity contribution in [1.29, 1.82) is 0 Å². The Kier molecular flexibility index (Phi) is 12.4. The van der Waals surface area contributed by atoms with Gasteiger partial charge in [0.25, 0.3) is 0 Å². The van der Waals surface area contributed by atoms with Gasteiger partial charge in [-0.05, 0) is 91.2 Å². The molecule has 51 heavy (non-hydrogen) atoms. The van der Waals surface area contributed by atoms with Crippen LogP contribution in [0.3, 0.4) is 0 Å². The molecular weight excluding hydrogens is 629 g/mol. The average Bonchev–Trinajstić information content (AvgIpc) is 3.73. The van der Waals surface area contributed by atoms with Crippen LogP contribution in [0.2, 0.25) is 0 Å². The molecule has 0 saturated carbocycles. The molecule has 8 rings (SSSR count). The number of hydrogen-bond acceptors (Lipinski definition) is 5. The Morgan fingerprint density at radius 1 is 0.529 bits per heavy atom. The number of hydrogen-bond donors (Lipinski definition) is 1. The minimum atomic E-state index is 0.728. The Balaban J connectivity index is 0.000000800. The topological polar surface area (TPSA) is 81.7 Å². The van der Waals surface area contributed by atoms with Gasteiger partial charge in [-0.15, -0.1) is 0 Å². The van der Waals surface area contributed by atoms with Gasteiger partial charge in [0.2, 0.25) is 0 Å². The number of aliphatic hydroxyl groups excluding tert-OH is 1. The van der Waals surface area contributed by atoms with E-state index in [1.54, 1.807) is 24.8 Å². The summed E-state index contributed by atoms with van der Waals surface area (Å²) >= 11 is 0. The van der Waals surface area contributed by atoms with E-state index in [1.165, 1.54) is 44.0 Å². The summed E-state index contributed by atoms with van der Waals surface area (Å²) in [4.78, 5) is 17.8. The fraction of sp³-hybridized carbons (Fsp3) is 0.227. The smallest absolute Gasteiger partial charge is 0.159 e. The summed E-state index contributed by atoms with van der Waals surface area (Å²) in [5.74, 6) is 1.46. The number of rotatable bonds is 7. The maximum Gasteiger partial charge on any atom is 0.159 e. The van der Waals surface area contributed by atoms with Crippen LogP contribution >= 0.6 is 0 Å². The van der Waals surface area contributed by atoms with E-state index >= 15 is 0 Å². The molecule has 0 spiro atoms. The molecule has 0 unspecified atom stereocenters. The first-order chi connectivity index (χ1) is 25.3. The molecule has 0 fully saturated rings. The van der Waals surface area contributed by atoms with Crippen LogP contribution in [0.25, 0.3) is 66.9 Å². The Labute approximate surface area is 301 Å². The van der Waals surface area contributed by atoms with Gasteiger partial charge >= 0.3 is 0 Å². The van der Waals surface area contributed by atoms with Gasteiger partial charge in [-0.3, -0.25) is 0 Å². The Hall–Kier alpha value is -5.66. The standard InChI is InChI=1S/C39H32N6.2C2H6.CH4O/c1-3-9-33-30(4-2)31-20-21-35-36(37(31)45(33)29-18-14-27(15-19-29)39-42-24-8-25-43-39)32-10-5-6-11-34(32)44(35)28-16-12-26(13-17-28)38-40-22-7-23-41-38;3*1-2/h5-8,10-25H,3-4,9H2,1-2H3;2*1-2H3;2H,1H3. The zero-order valence-corrected chi connectivity index (χ0v) is 30.8. The molecule has 0 bridgehead atoms. The number of fused-ring (bicyclic) bond motifs is 5. The van der Waals surface area contributed by atoms with Gasteiger partial charge in [-0.1, -0.05) is 72.2 Å². The predicted octanol–water partition coefficient (Wildman–Crippen LogP) is 10.8. The van der Waals surface area contributed by atoms with Crippen LogP contribution in [0, 0.1) is 0 Å². The fourth-order valence-corrected chi connectivity index (χ4v) is 6.82. The van der Waals surface area contributed by atoms with Crippen LogP contribution in [0.1, 0.15) is 59.2 Å². The van der Waals surface area contributed by atoms with Crippen molar-refractivity contribution in [2.45, 2.75) is 60.8 Å². The van der Waals surface area contributed by atoms with Crippen LogP contribution in [-0.4, -0.2) is 41.3 Å². The van der Waals surface area contributed by atoms with Crippen LogP contribution < -0.4 is 0 Å². The summed E-state index contributed by atoms with van der Waals surface area (Å²) in [5, 5.41) is 10.8. The Morgan fingerprint density at radius 3 is 1.55 bits per heavy atom. The lowest BCUT2D eigenvalue weighted by atomic mass is 10.0. The largest absolute Gasteiger partial charge is 0.400 e. The molecular formula is C44H48N6O. The zero-order valence-electron chi connectivity index (χ0n) is 30.8. The fourth-order valence-electron chi connectivity index (χ4n) is 6.82. The second kappa shape index (κ2) is 17.3. The summed E-state index contributed by atoms with van der Waals surface area (Å²) < 4.78 is 4.90. The summed E-state index contributed by atoms with van der Waals surface area (Å²) in [5.41, 5.74) is 10.7. The number of aromatic nitrogens is 6. The third kappa shape index (κ3) is 6.90. The van der Waals surface area contributed by atoms with Crippen molar-refractivity contribution in [3.05, 3.63) is 133 Å². The molecule has 7 nitrogen and oxygen atoms in total. The molecule has 0 atom stereocenters. The van der Waals surface area contributed by atoms with Gasteiger partial charge in [-0.25, -0.2) is 19.9 Å². The van der Waals surface area contributed by atoms with Crippen molar-refractivity contribution in [3.8, 4) is 34.2 Å². The number of para-hydroxylation sites is 1. The first-order valence-corrected chi connectivity index (χ1v) is 18.1. The van der Waals surface area contributed by atoms with E-state index in [0.717, 1.165) is 60.5 Å². The average molecular weight is 677 g/mol. The van der Waals surface area contributed by atoms with Gasteiger partial charge in [0.05, 0.1) is 16.6 Å². The monoisotopic (exact) mass is 676 g/mol. The lowest BCUT2D eigenvalue weighted by Gasteiger charge is -2.13. The number of aryl methyl sites for hydroxylation is 1. The quantitative estimate of drug-likeness (QED) is 0.182. The SMILES string of the molecule is CC.CC.CCCc1c(CC)c2ccc3c(c4ccccc4n3-c3ccc(-c4ncccn4)cc3)c2n1-c1ccc(-c2ncccn2)cc1.CO. The van der Waals surface area contributed by atoms with Crippen LogP contribution in [-0.2, 0) is 12.8 Å². The summed E-state index contributed by atoms with van der Waals surface area (Å²) in [7, 11) is 1.00. The molecule has 4 aromatic heterocycles. The van der Waals surface area contributed by atoms with Gasteiger partial charge in [-0.2, -0.15) is 0 Å². The third-order valence-corrected chi connectivity index (χ3v) is 8.72. The summed E-state index contributed by atoms with van der Waals surface area (Å²) in [6, 6.07) is 34.4. The Bertz CT molecular complexity index is 2290. The highest BCUT2D eigenvalue weighted by atomic mass is 16.2. The lowest BCUT2D eigenvalue weighted by Crippen LogP contribution is -2.02. The van der Waals surface area contributed by atoms with Crippen molar-refractivity contribution in [2.24, 2.45) is 0 Å². The second-order valence-corrected chi connectivity index (χ2v) is 11.3. The normalized spacial score (nSPS) is 10.6. The lowest BCUT2D eigenvalue weighted by molar-refractivity contribution is 0.399. The molecule has 0 aliphatic heterocycles. The van der Waals surface area contributed by atoms with E-state index in [2.05, 4.69) is 128 Å². The van der Waals surface area contributed by atoms with E-state index in [4.69, 9.17) is 5.11 Å². The highest BCUT2D eigenvalue weighted by Crippen LogP contribution is 2.41. The molecule has 1 N–H and O–H groups in total. The molecule has 4 aromatic carbocycles. The predicted molar refractivity (Wildman–Crippen MR) is 214 cm³/mol. The minimum Gasteiger partial charge on any atom is -0.400 e. The van der Waals surface area contributed by atoms with Crippen LogP contribution in [0.15, 0.2) is 122 Å². The van der Waals surface area contributed by atoms with E-state index in [-0.39, 0.29) is 0 Å². The van der Waals surface area contributed by atoms with Gasteiger partial charge in [0.15, 0.2) is 11.6 Å². The van der Waals surface area contributed by atoms with E-state index < -0.39 is 0 Å². The van der Waals surface area contributed by atoms with Crippen molar-refractivity contribution >= 4 is 32.7 Å². The second-order valence-electron chi connectivity index (χ2n) is 11.3. The van der Waals surface area contributed by atoms with Crippen molar-refractivity contribution in [2.75, 3.05) is 7.11 Å². The molecule has 0 saturated heterocycles. The van der Waals surface area contributed by atoms with Gasteiger partial charge in [0, 0.05) is 76.3 Å². The molecule has 260 valence electrons. The molecule has 0 aliphatic carbocycles. The molecule has 7 heteroatoms. The molecule has 0 amide bonds. The van der Waals surface area contributed by atoms with E-state index in [0.29, 0.717) is 0 Å². The highest BCUT2D eigenvalue weighted by Gasteiger charge is 2.23. The number of aliphatic hydroxyl groups is 1. The van der Waals surface area contributed by atoms with Crippen molar-refractivity contribution < 1.29 is 5.11 Å². The summed E-state index contributed by atoms with van der Waals surface area (Å²) in [6.07, 6.45) is 10.2. The van der Waals surface area contributed by atoms with Gasteiger partial charge < -0.3 is 14.2 Å². The molecule has 8 aromatic rings. The van der Waals surface area contributed by atoms with E-state index in [1.807, 2.05) is 39.8 Å². The number of nitrogens with zero attached hydrogens (tertiary/aromatic N) is 6. The van der Waals surface area contributed by atoms with E-state index in [9.17, 15) is 0 Å². The van der Waals surface area contributed by atoms with Crippen molar-refractivity contribution in [1.82, 2.24) is 29.1 Å². The first kappa shape index (κ1) is 36.6. The first-order valence-electron chi connectivity index (χ1n) is 18.1. The van der Waals surface area contributed by atoms with Crippen LogP contribution in [0.5, 0.6) is 0 Å². The molecule has 0 aliphatic rings. The van der Waals surface area contributed by atoms with Crippen LogP contribution in [0.4, 0.5) is 0 Å². The summed E-state index contributed by atoms with van der Waals surface area (Å²) in [6.45, 7) is 12.5. The molecule has 0 radical (unpaired) electrons. The molecule has 4 heterocycles. The minimum absolute atomic E-state index is 0.728.